The molecule has 0 aromatic heterocycles. The molecule has 2 rings (SSSR count). The normalized spacial score (nSPS) is 10.1. The fourth-order valence-corrected chi connectivity index (χ4v) is 2.15. The standard InChI is InChI=1S/C14H11BrN2O3/c15-10-5-9(6-11(16)7-10)13(18)17-12-3-1-8(2-4-12)14(19)20/h1-7H,16H2,(H,17,18)(H,19,20). The van der Waals surface area contributed by atoms with Crippen LogP contribution in [0.4, 0.5) is 11.4 Å². The van der Waals surface area contributed by atoms with Crippen molar-refractivity contribution in [1.29, 1.82) is 0 Å². The highest BCUT2D eigenvalue weighted by Crippen LogP contribution is 2.18. The Bertz CT molecular complexity index is 648. The molecule has 0 atom stereocenters. The van der Waals surface area contributed by atoms with Crippen molar-refractivity contribution in [2.24, 2.45) is 0 Å². The first-order valence-electron chi connectivity index (χ1n) is 5.66. The fraction of sp³-hybridized carbons (Fsp3) is 0. The highest BCUT2D eigenvalue weighted by molar-refractivity contribution is 9.10. The summed E-state index contributed by atoms with van der Waals surface area (Å²) in [5.74, 6) is -1.33. The molecule has 0 heterocycles. The molecule has 2 aromatic rings. The van der Waals surface area contributed by atoms with E-state index in [1.54, 1.807) is 18.2 Å². The summed E-state index contributed by atoms with van der Waals surface area (Å²) in [5, 5.41) is 11.5. The van der Waals surface area contributed by atoms with E-state index in [-0.39, 0.29) is 11.5 Å². The molecule has 0 aliphatic rings. The molecule has 0 bridgehead atoms. The molecule has 0 fully saturated rings. The number of hydrogen-bond acceptors (Lipinski definition) is 3. The van der Waals surface area contributed by atoms with Crippen LogP contribution in [0.3, 0.4) is 0 Å². The zero-order valence-electron chi connectivity index (χ0n) is 10.3. The van der Waals surface area contributed by atoms with Crippen molar-refractivity contribution in [1.82, 2.24) is 0 Å². The predicted molar refractivity (Wildman–Crippen MR) is 79.9 cm³/mol. The molecule has 0 aliphatic heterocycles. The zero-order valence-corrected chi connectivity index (χ0v) is 11.8. The maximum Gasteiger partial charge on any atom is 0.335 e. The number of rotatable bonds is 3. The Balaban J connectivity index is 2.16. The van der Waals surface area contributed by atoms with Crippen LogP contribution < -0.4 is 11.1 Å². The highest BCUT2D eigenvalue weighted by atomic mass is 79.9. The van der Waals surface area contributed by atoms with Gasteiger partial charge < -0.3 is 16.2 Å². The molecule has 2 aromatic carbocycles. The summed E-state index contributed by atoms with van der Waals surface area (Å²) in [6, 6.07) is 10.8. The Hall–Kier alpha value is -2.34. The topological polar surface area (TPSA) is 92.4 Å². The van der Waals surface area contributed by atoms with E-state index in [4.69, 9.17) is 10.8 Å². The number of anilines is 2. The van der Waals surface area contributed by atoms with E-state index in [1.807, 2.05) is 0 Å². The van der Waals surface area contributed by atoms with Crippen molar-refractivity contribution in [2.75, 3.05) is 11.1 Å². The molecule has 0 aliphatic carbocycles. The smallest absolute Gasteiger partial charge is 0.335 e. The minimum Gasteiger partial charge on any atom is -0.478 e. The minimum atomic E-state index is -1.01. The first-order chi connectivity index (χ1) is 9.45. The van der Waals surface area contributed by atoms with Gasteiger partial charge in [0.25, 0.3) is 5.91 Å². The van der Waals surface area contributed by atoms with Gasteiger partial charge in [-0.3, -0.25) is 4.79 Å². The van der Waals surface area contributed by atoms with Crippen LogP contribution >= 0.6 is 15.9 Å². The van der Waals surface area contributed by atoms with Crippen LogP contribution in [0.1, 0.15) is 20.7 Å². The molecule has 0 unspecified atom stereocenters. The van der Waals surface area contributed by atoms with Gasteiger partial charge in [-0.2, -0.15) is 0 Å². The van der Waals surface area contributed by atoms with Crippen molar-refractivity contribution >= 4 is 39.2 Å². The van der Waals surface area contributed by atoms with Crippen molar-refractivity contribution in [3.05, 3.63) is 58.1 Å². The largest absolute Gasteiger partial charge is 0.478 e. The second kappa shape index (κ2) is 5.75. The number of amides is 1. The molecule has 0 saturated carbocycles. The van der Waals surface area contributed by atoms with Crippen LogP contribution in [-0.4, -0.2) is 17.0 Å². The van der Waals surface area contributed by atoms with E-state index < -0.39 is 5.97 Å². The molecule has 5 nitrogen and oxygen atoms in total. The van der Waals surface area contributed by atoms with E-state index in [9.17, 15) is 9.59 Å². The van der Waals surface area contributed by atoms with Crippen LogP contribution in [0, 0.1) is 0 Å². The summed E-state index contributed by atoms with van der Waals surface area (Å²) in [4.78, 5) is 22.8. The second-order valence-corrected chi connectivity index (χ2v) is 5.03. The van der Waals surface area contributed by atoms with Gasteiger partial charge in [0, 0.05) is 21.4 Å². The van der Waals surface area contributed by atoms with Crippen molar-refractivity contribution in [3.63, 3.8) is 0 Å². The first kappa shape index (κ1) is 14.1. The SMILES string of the molecule is Nc1cc(Br)cc(C(=O)Nc2ccc(C(=O)O)cc2)c1. The number of carboxylic acid groups (broad SMARTS) is 1. The molecule has 20 heavy (non-hydrogen) atoms. The van der Waals surface area contributed by atoms with Crippen molar-refractivity contribution < 1.29 is 14.7 Å². The van der Waals surface area contributed by atoms with E-state index in [0.29, 0.717) is 21.4 Å². The number of nitrogen functional groups attached to an aromatic ring is 1. The summed E-state index contributed by atoms with van der Waals surface area (Å²) in [6.07, 6.45) is 0. The molecule has 0 radical (unpaired) electrons. The monoisotopic (exact) mass is 334 g/mol. The van der Waals surface area contributed by atoms with Gasteiger partial charge in [0.05, 0.1) is 5.56 Å². The summed E-state index contributed by atoms with van der Waals surface area (Å²) in [5.41, 5.74) is 7.24. The molecule has 0 saturated heterocycles. The summed E-state index contributed by atoms with van der Waals surface area (Å²) in [7, 11) is 0. The van der Waals surface area contributed by atoms with Crippen LogP contribution in [-0.2, 0) is 0 Å². The lowest BCUT2D eigenvalue weighted by molar-refractivity contribution is 0.0696. The predicted octanol–water partition coefficient (Wildman–Crippen LogP) is 2.98. The Morgan fingerprint density at radius 3 is 2.25 bits per heavy atom. The zero-order chi connectivity index (χ0) is 14.7. The number of benzene rings is 2. The number of carbonyl (C=O) groups excluding carboxylic acids is 1. The van der Waals surface area contributed by atoms with Gasteiger partial charge >= 0.3 is 5.97 Å². The number of carbonyl (C=O) groups is 2. The average Bonchev–Trinajstić information content (AvgIpc) is 2.38. The third-order valence-electron chi connectivity index (χ3n) is 2.57. The third-order valence-corrected chi connectivity index (χ3v) is 3.03. The lowest BCUT2D eigenvalue weighted by Gasteiger charge is -2.07. The molecule has 6 heteroatoms. The Morgan fingerprint density at radius 1 is 1.05 bits per heavy atom. The van der Waals surface area contributed by atoms with E-state index >= 15 is 0 Å². The van der Waals surface area contributed by atoms with Gasteiger partial charge in [-0.25, -0.2) is 4.79 Å². The van der Waals surface area contributed by atoms with Crippen molar-refractivity contribution in [2.45, 2.75) is 0 Å². The lowest BCUT2D eigenvalue weighted by atomic mass is 10.1. The van der Waals surface area contributed by atoms with Gasteiger partial charge in [0.1, 0.15) is 0 Å². The summed E-state index contributed by atoms with van der Waals surface area (Å²) < 4.78 is 0.712. The van der Waals surface area contributed by atoms with Gasteiger partial charge in [-0.1, -0.05) is 15.9 Å². The van der Waals surface area contributed by atoms with E-state index in [1.165, 1.54) is 24.3 Å². The summed E-state index contributed by atoms with van der Waals surface area (Å²) >= 11 is 3.27. The Kier molecular flexibility index (Phi) is 4.05. The molecule has 0 spiro atoms. The first-order valence-corrected chi connectivity index (χ1v) is 6.46. The van der Waals surface area contributed by atoms with E-state index in [0.717, 1.165) is 0 Å². The third kappa shape index (κ3) is 3.36. The lowest BCUT2D eigenvalue weighted by Crippen LogP contribution is -2.12. The number of aromatic carboxylic acids is 1. The minimum absolute atomic E-state index is 0.162. The van der Waals surface area contributed by atoms with E-state index in [2.05, 4.69) is 21.2 Å². The maximum absolute atomic E-state index is 12.0. The van der Waals surface area contributed by atoms with Crippen LogP contribution in [0.2, 0.25) is 0 Å². The number of hydrogen-bond donors (Lipinski definition) is 3. The average molecular weight is 335 g/mol. The number of nitrogens with one attached hydrogen (secondary N) is 1. The summed E-state index contributed by atoms with van der Waals surface area (Å²) in [6.45, 7) is 0. The number of nitrogens with two attached hydrogens (primary N) is 1. The Labute approximate surface area is 123 Å². The van der Waals surface area contributed by atoms with Gasteiger partial charge in [-0.05, 0) is 42.5 Å². The molecular formula is C14H11BrN2O3. The number of halogens is 1. The number of carboxylic acids is 1. The van der Waals surface area contributed by atoms with Crippen LogP contribution in [0.5, 0.6) is 0 Å². The van der Waals surface area contributed by atoms with Gasteiger partial charge in [0.15, 0.2) is 0 Å². The van der Waals surface area contributed by atoms with Crippen LogP contribution in [0.15, 0.2) is 46.9 Å². The van der Waals surface area contributed by atoms with Gasteiger partial charge in [0.2, 0.25) is 0 Å². The van der Waals surface area contributed by atoms with Crippen molar-refractivity contribution in [3.8, 4) is 0 Å². The fourth-order valence-electron chi connectivity index (χ4n) is 1.64. The second-order valence-electron chi connectivity index (χ2n) is 4.11. The molecular weight excluding hydrogens is 324 g/mol. The van der Waals surface area contributed by atoms with Crippen LogP contribution in [0.25, 0.3) is 0 Å². The maximum atomic E-state index is 12.0. The quantitative estimate of drug-likeness (QED) is 0.752. The molecule has 1 amide bonds. The Morgan fingerprint density at radius 2 is 1.70 bits per heavy atom. The van der Waals surface area contributed by atoms with Gasteiger partial charge in [-0.15, -0.1) is 0 Å². The molecule has 4 N–H and O–H groups in total. The highest BCUT2D eigenvalue weighted by Gasteiger charge is 2.08. The molecule has 102 valence electrons.